The predicted molar refractivity (Wildman–Crippen MR) is 80.0 cm³/mol. The predicted octanol–water partition coefficient (Wildman–Crippen LogP) is 2.21. The van der Waals surface area contributed by atoms with Crippen molar-refractivity contribution in [3.05, 3.63) is 35.7 Å². The largest absolute Gasteiger partial charge is 0.372 e. The fourth-order valence-electron chi connectivity index (χ4n) is 1.93. The number of hydrogen-bond donors (Lipinski definition) is 0. The van der Waals surface area contributed by atoms with E-state index in [-0.39, 0.29) is 5.91 Å². The minimum Gasteiger partial charge on any atom is -0.372 e. The van der Waals surface area contributed by atoms with Crippen molar-refractivity contribution in [1.82, 2.24) is 9.80 Å². The van der Waals surface area contributed by atoms with Gasteiger partial charge in [0, 0.05) is 31.9 Å². The molecule has 1 aliphatic heterocycles. The van der Waals surface area contributed by atoms with Crippen LogP contribution < -0.4 is 0 Å². The molecule has 0 aromatic rings. The summed E-state index contributed by atoms with van der Waals surface area (Å²) in [6.07, 6.45) is 3.72. The van der Waals surface area contributed by atoms with Crippen LogP contribution in [0.4, 0.5) is 0 Å². The minimum atomic E-state index is -0.0439. The Balaban J connectivity index is 2.71. The molecule has 1 rings (SSSR count). The van der Waals surface area contributed by atoms with Crippen LogP contribution in [0.25, 0.3) is 0 Å². The highest BCUT2D eigenvalue weighted by Crippen LogP contribution is 2.12. The first-order chi connectivity index (χ1) is 8.99. The quantitative estimate of drug-likeness (QED) is 0.442. The van der Waals surface area contributed by atoms with Crippen molar-refractivity contribution in [2.24, 2.45) is 4.99 Å². The standard InChI is InChI=1S/C15H23N3O/c1-6-13(4)11-14(16-5)15(19)18-9-7-17(8-10-18)12(2)3/h6,11H,2,5,7-10H2,1,3-4H3/b13-6-,14-11-. The molecule has 4 heteroatoms. The molecule has 104 valence electrons. The summed E-state index contributed by atoms with van der Waals surface area (Å²) >= 11 is 0. The third kappa shape index (κ3) is 4.09. The van der Waals surface area contributed by atoms with E-state index in [0.717, 1.165) is 24.4 Å². The Labute approximate surface area is 115 Å². The zero-order valence-electron chi connectivity index (χ0n) is 12.1. The number of aliphatic imine (C=N–C) groups is 1. The van der Waals surface area contributed by atoms with Crippen LogP contribution in [0.1, 0.15) is 20.8 Å². The Morgan fingerprint density at radius 2 is 1.68 bits per heavy atom. The van der Waals surface area contributed by atoms with Gasteiger partial charge in [-0.05, 0) is 33.6 Å². The third-order valence-electron chi connectivity index (χ3n) is 3.32. The van der Waals surface area contributed by atoms with Crippen molar-refractivity contribution in [1.29, 1.82) is 0 Å². The van der Waals surface area contributed by atoms with E-state index in [0.29, 0.717) is 18.8 Å². The van der Waals surface area contributed by atoms with E-state index in [1.165, 1.54) is 0 Å². The summed E-state index contributed by atoms with van der Waals surface area (Å²) in [7, 11) is 0. The second-order valence-electron chi connectivity index (χ2n) is 4.73. The highest BCUT2D eigenvalue weighted by atomic mass is 16.2. The van der Waals surface area contributed by atoms with Gasteiger partial charge in [0.05, 0.1) is 0 Å². The summed E-state index contributed by atoms with van der Waals surface area (Å²) in [5, 5.41) is 0. The number of hydrogen-bond acceptors (Lipinski definition) is 3. The SMILES string of the molecule is C=N/C(=C\C(C)=C/C)C(=O)N1CCN(C(=C)C)CC1. The van der Waals surface area contributed by atoms with Crippen molar-refractivity contribution < 1.29 is 4.79 Å². The lowest BCUT2D eigenvalue weighted by atomic mass is 10.2. The lowest BCUT2D eigenvalue weighted by Gasteiger charge is -2.36. The number of piperazine rings is 1. The Bertz CT molecular complexity index is 427. The summed E-state index contributed by atoms with van der Waals surface area (Å²) in [6, 6.07) is 0. The molecule has 0 aromatic heterocycles. The lowest BCUT2D eigenvalue weighted by Crippen LogP contribution is -2.48. The van der Waals surface area contributed by atoms with Gasteiger partial charge in [0.1, 0.15) is 5.70 Å². The number of carbonyl (C=O) groups is 1. The molecule has 1 heterocycles. The number of nitrogens with zero attached hydrogens (tertiary/aromatic N) is 3. The van der Waals surface area contributed by atoms with Crippen LogP contribution in [0.5, 0.6) is 0 Å². The average molecular weight is 261 g/mol. The maximum absolute atomic E-state index is 12.3. The molecule has 0 radical (unpaired) electrons. The van der Waals surface area contributed by atoms with E-state index in [9.17, 15) is 4.79 Å². The van der Waals surface area contributed by atoms with Crippen molar-refractivity contribution in [2.75, 3.05) is 26.2 Å². The van der Waals surface area contributed by atoms with Gasteiger partial charge in [0.25, 0.3) is 5.91 Å². The molecule has 0 bridgehead atoms. The number of amides is 1. The van der Waals surface area contributed by atoms with Gasteiger partial charge in [-0.2, -0.15) is 0 Å². The summed E-state index contributed by atoms with van der Waals surface area (Å²) in [6.45, 7) is 16.3. The Morgan fingerprint density at radius 1 is 1.16 bits per heavy atom. The monoisotopic (exact) mass is 261 g/mol. The van der Waals surface area contributed by atoms with Gasteiger partial charge in [-0.15, -0.1) is 0 Å². The molecule has 4 nitrogen and oxygen atoms in total. The molecule has 0 aromatic carbocycles. The summed E-state index contributed by atoms with van der Waals surface area (Å²) in [4.78, 5) is 20.2. The Hall–Kier alpha value is -1.84. The van der Waals surface area contributed by atoms with Crippen LogP contribution in [0, 0.1) is 0 Å². The van der Waals surface area contributed by atoms with Crippen molar-refractivity contribution in [2.45, 2.75) is 20.8 Å². The fraction of sp³-hybridized carbons (Fsp3) is 0.467. The van der Waals surface area contributed by atoms with Gasteiger partial charge in [-0.1, -0.05) is 18.2 Å². The van der Waals surface area contributed by atoms with Gasteiger partial charge in [-0.3, -0.25) is 9.79 Å². The first kappa shape index (κ1) is 15.2. The number of carbonyl (C=O) groups excluding carboxylic acids is 1. The molecule has 19 heavy (non-hydrogen) atoms. The highest BCUT2D eigenvalue weighted by Gasteiger charge is 2.22. The van der Waals surface area contributed by atoms with E-state index >= 15 is 0 Å². The summed E-state index contributed by atoms with van der Waals surface area (Å²) < 4.78 is 0. The zero-order valence-corrected chi connectivity index (χ0v) is 12.1. The van der Waals surface area contributed by atoms with Crippen molar-refractivity contribution in [3.8, 4) is 0 Å². The second kappa shape index (κ2) is 6.92. The van der Waals surface area contributed by atoms with E-state index in [1.54, 1.807) is 6.08 Å². The highest BCUT2D eigenvalue weighted by molar-refractivity contribution is 5.94. The van der Waals surface area contributed by atoms with Crippen LogP contribution in [-0.4, -0.2) is 48.6 Å². The van der Waals surface area contributed by atoms with Gasteiger partial charge >= 0.3 is 0 Å². The van der Waals surface area contributed by atoms with Gasteiger partial charge in [0.2, 0.25) is 0 Å². The molecule has 1 aliphatic rings. The van der Waals surface area contributed by atoms with Gasteiger partial charge in [-0.25, -0.2) is 0 Å². The molecule has 0 saturated carbocycles. The smallest absolute Gasteiger partial charge is 0.272 e. The number of rotatable bonds is 4. The van der Waals surface area contributed by atoms with Crippen LogP contribution >= 0.6 is 0 Å². The second-order valence-corrected chi connectivity index (χ2v) is 4.73. The summed E-state index contributed by atoms with van der Waals surface area (Å²) in [5.74, 6) is -0.0439. The summed E-state index contributed by atoms with van der Waals surface area (Å²) in [5.41, 5.74) is 2.48. The van der Waals surface area contributed by atoms with Crippen LogP contribution in [-0.2, 0) is 4.79 Å². The van der Waals surface area contributed by atoms with Crippen molar-refractivity contribution in [3.63, 3.8) is 0 Å². The molecule has 0 atom stereocenters. The van der Waals surface area contributed by atoms with Crippen molar-refractivity contribution >= 4 is 12.6 Å². The molecular weight excluding hydrogens is 238 g/mol. The average Bonchev–Trinajstić information content (AvgIpc) is 2.43. The Morgan fingerprint density at radius 3 is 2.11 bits per heavy atom. The van der Waals surface area contributed by atoms with E-state index < -0.39 is 0 Å². The van der Waals surface area contributed by atoms with E-state index in [4.69, 9.17) is 0 Å². The van der Waals surface area contributed by atoms with Crippen LogP contribution in [0.3, 0.4) is 0 Å². The van der Waals surface area contributed by atoms with Crippen LogP contribution in [0.15, 0.2) is 40.7 Å². The van der Waals surface area contributed by atoms with Gasteiger partial charge < -0.3 is 9.80 Å². The van der Waals surface area contributed by atoms with Gasteiger partial charge in [0.15, 0.2) is 0 Å². The lowest BCUT2D eigenvalue weighted by molar-refractivity contribution is -0.128. The fourth-order valence-corrected chi connectivity index (χ4v) is 1.93. The molecule has 0 unspecified atom stereocenters. The maximum atomic E-state index is 12.3. The molecular formula is C15H23N3O. The molecule has 1 amide bonds. The first-order valence-corrected chi connectivity index (χ1v) is 6.50. The molecule has 1 fully saturated rings. The van der Waals surface area contributed by atoms with Crippen LogP contribution in [0.2, 0.25) is 0 Å². The molecule has 0 spiro atoms. The Kier molecular flexibility index (Phi) is 5.55. The molecule has 1 saturated heterocycles. The number of allylic oxidation sites excluding steroid dienone is 4. The topological polar surface area (TPSA) is 35.9 Å². The minimum absolute atomic E-state index is 0.0439. The third-order valence-corrected chi connectivity index (χ3v) is 3.32. The maximum Gasteiger partial charge on any atom is 0.272 e. The van der Waals surface area contributed by atoms with E-state index in [1.807, 2.05) is 31.7 Å². The first-order valence-electron chi connectivity index (χ1n) is 6.50. The zero-order chi connectivity index (χ0) is 14.4. The molecule has 0 aliphatic carbocycles. The normalized spacial score (nSPS) is 17.4. The van der Waals surface area contributed by atoms with E-state index in [2.05, 4.69) is 23.2 Å². The molecule has 0 N–H and O–H groups in total.